The van der Waals surface area contributed by atoms with Crippen molar-refractivity contribution in [1.29, 1.82) is 0 Å². The minimum Gasteiger partial charge on any atom is -0.465 e. The topological polar surface area (TPSA) is 35.5 Å². The first-order valence-electron chi connectivity index (χ1n) is 6.98. The van der Waals surface area contributed by atoms with Gasteiger partial charge in [0.15, 0.2) is 10.7 Å². The maximum absolute atomic E-state index is 13.1. The molecule has 1 heterocycles. The highest BCUT2D eigenvalue weighted by atomic mass is 32.2. The van der Waals surface area contributed by atoms with Crippen molar-refractivity contribution in [3.63, 3.8) is 0 Å². The third-order valence-electron chi connectivity index (χ3n) is 3.98. The minimum atomic E-state index is -4.80. The Bertz CT molecular complexity index is 529. The van der Waals surface area contributed by atoms with Gasteiger partial charge in [0.1, 0.15) is 5.76 Å². The lowest BCUT2D eigenvalue weighted by molar-refractivity contribution is -0.148. The molecule has 0 spiro atoms. The highest BCUT2D eigenvalue weighted by Gasteiger charge is 2.47. The number of alkyl halides is 3. The molecule has 2 unspecified atom stereocenters. The molecular weight excluding hydrogens is 317 g/mol. The van der Waals surface area contributed by atoms with E-state index in [1.807, 2.05) is 6.08 Å². The molecule has 0 aromatic rings. The Balaban J connectivity index is 2.29. The Morgan fingerprint density at radius 1 is 1.36 bits per heavy atom. The predicted molar refractivity (Wildman–Crippen MR) is 77.8 cm³/mol. The lowest BCUT2D eigenvalue weighted by Gasteiger charge is -2.34. The van der Waals surface area contributed by atoms with E-state index in [4.69, 9.17) is 4.74 Å². The van der Waals surface area contributed by atoms with Crippen molar-refractivity contribution in [3.05, 3.63) is 22.5 Å². The lowest BCUT2D eigenvalue weighted by Crippen LogP contribution is -2.26. The zero-order valence-corrected chi connectivity index (χ0v) is 13.7. The third-order valence-corrected chi connectivity index (χ3v) is 5.19. The van der Waals surface area contributed by atoms with E-state index in [9.17, 15) is 18.0 Å². The van der Waals surface area contributed by atoms with Crippen LogP contribution in [0.1, 0.15) is 33.6 Å². The molecule has 1 aliphatic carbocycles. The van der Waals surface area contributed by atoms with Crippen LogP contribution in [0.2, 0.25) is 0 Å². The fourth-order valence-electron chi connectivity index (χ4n) is 2.57. The molecule has 1 saturated heterocycles. The van der Waals surface area contributed by atoms with Crippen LogP contribution >= 0.6 is 11.8 Å². The molecule has 124 valence electrons. The Kier molecular flexibility index (Phi) is 4.57. The number of hydrogen-bond acceptors (Lipinski definition) is 4. The summed E-state index contributed by atoms with van der Waals surface area (Å²) < 4.78 is 48.8. The molecule has 1 fully saturated rings. The number of methoxy groups -OCH3 is 1. The quantitative estimate of drug-likeness (QED) is 0.525. The summed E-state index contributed by atoms with van der Waals surface area (Å²) in [5.41, 5.74) is -1.29. The number of carbonyl (C=O) groups is 1. The summed E-state index contributed by atoms with van der Waals surface area (Å²) in [6.07, 6.45) is -1.46. The van der Waals surface area contributed by atoms with E-state index in [1.54, 1.807) is 0 Å². The maximum atomic E-state index is 13.1. The number of thioether (sulfide) groups is 1. The van der Waals surface area contributed by atoms with Crippen LogP contribution in [0, 0.1) is 11.3 Å². The molecule has 1 aliphatic heterocycles. The fourth-order valence-corrected chi connectivity index (χ4v) is 3.88. The van der Waals surface area contributed by atoms with E-state index in [0.717, 1.165) is 31.7 Å². The second-order valence-corrected chi connectivity index (χ2v) is 7.68. The van der Waals surface area contributed by atoms with Gasteiger partial charge in [-0.25, -0.2) is 4.79 Å². The molecular formula is C15H19F3O3S. The first-order chi connectivity index (χ1) is 10.0. The van der Waals surface area contributed by atoms with Gasteiger partial charge in [0.25, 0.3) is 0 Å². The lowest BCUT2D eigenvalue weighted by atomic mass is 9.74. The number of fused-ring (bicyclic) bond motifs is 1. The fraction of sp³-hybridized carbons (Fsp3) is 0.667. The van der Waals surface area contributed by atoms with Gasteiger partial charge >= 0.3 is 12.1 Å². The van der Waals surface area contributed by atoms with Crippen LogP contribution < -0.4 is 0 Å². The van der Waals surface area contributed by atoms with Gasteiger partial charge in [0.2, 0.25) is 0 Å². The van der Waals surface area contributed by atoms with Crippen LogP contribution in [-0.4, -0.2) is 24.5 Å². The Morgan fingerprint density at radius 2 is 2.00 bits per heavy atom. The number of rotatable bonds is 1. The van der Waals surface area contributed by atoms with E-state index in [2.05, 4.69) is 25.5 Å². The van der Waals surface area contributed by atoms with E-state index in [1.165, 1.54) is 0 Å². The minimum absolute atomic E-state index is 0.0737. The van der Waals surface area contributed by atoms with E-state index in [0.29, 0.717) is 11.7 Å². The van der Waals surface area contributed by atoms with Crippen LogP contribution in [0.25, 0.3) is 0 Å². The van der Waals surface area contributed by atoms with Crippen LogP contribution in [0.4, 0.5) is 13.2 Å². The van der Waals surface area contributed by atoms with Crippen molar-refractivity contribution in [1.82, 2.24) is 0 Å². The number of allylic oxidation sites excluding steroid dienone is 1. The van der Waals surface area contributed by atoms with Gasteiger partial charge in [0, 0.05) is 0 Å². The van der Waals surface area contributed by atoms with Crippen molar-refractivity contribution < 1.29 is 27.4 Å². The van der Waals surface area contributed by atoms with Crippen molar-refractivity contribution in [2.45, 2.75) is 45.0 Å². The second kappa shape index (κ2) is 5.83. The number of ether oxygens (including phenoxy) is 2. The van der Waals surface area contributed by atoms with E-state index >= 15 is 0 Å². The molecule has 2 rings (SSSR count). The van der Waals surface area contributed by atoms with Gasteiger partial charge in [-0.15, -0.1) is 0 Å². The van der Waals surface area contributed by atoms with Gasteiger partial charge in [-0.2, -0.15) is 13.2 Å². The Labute approximate surface area is 131 Å². The Morgan fingerprint density at radius 3 is 2.50 bits per heavy atom. The monoisotopic (exact) mass is 336 g/mol. The average molecular weight is 336 g/mol. The molecule has 0 aromatic heterocycles. The van der Waals surface area contributed by atoms with Crippen LogP contribution in [-0.2, 0) is 14.3 Å². The summed E-state index contributed by atoms with van der Waals surface area (Å²) in [7, 11) is 0.927. The van der Waals surface area contributed by atoms with E-state index < -0.39 is 22.8 Å². The zero-order valence-electron chi connectivity index (χ0n) is 12.9. The van der Waals surface area contributed by atoms with Crippen molar-refractivity contribution >= 4 is 17.7 Å². The molecule has 2 atom stereocenters. The zero-order chi connectivity index (χ0) is 16.7. The molecule has 7 heteroatoms. The molecule has 2 aliphatic rings. The Hall–Kier alpha value is -1.11. The predicted octanol–water partition coefficient (Wildman–Crippen LogP) is 4.41. The third kappa shape index (κ3) is 3.45. The molecule has 0 N–H and O–H groups in total. The van der Waals surface area contributed by atoms with Crippen LogP contribution in [0.5, 0.6) is 0 Å². The van der Waals surface area contributed by atoms with Gasteiger partial charge < -0.3 is 9.47 Å². The summed E-state index contributed by atoms with van der Waals surface area (Å²) in [5, 5.41) is -0.569. The normalized spacial score (nSPS) is 27.7. The number of carbonyl (C=O) groups excluding carboxylic acids is 1. The molecule has 22 heavy (non-hydrogen) atoms. The van der Waals surface area contributed by atoms with Crippen molar-refractivity contribution in [2.75, 3.05) is 7.11 Å². The molecule has 3 nitrogen and oxygen atoms in total. The van der Waals surface area contributed by atoms with Crippen molar-refractivity contribution in [2.24, 2.45) is 11.3 Å². The van der Waals surface area contributed by atoms with E-state index in [-0.39, 0.29) is 10.7 Å². The molecule has 0 amide bonds. The summed E-state index contributed by atoms with van der Waals surface area (Å²) >= 11 is 0.961. The van der Waals surface area contributed by atoms with Crippen LogP contribution in [0.3, 0.4) is 0 Å². The standard InChI is InChI=1S/C15H19F3O3S/c1-14(2,3)8-5-6-9-10(7-8)22-13(21-9)11(12(19)20-4)15(16,17)18/h6,8,10H,5,7H2,1-4H3. The summed E-state index contributed by atoms with van der Waals surface area (Å²) in [6.45, 7) is 6.34. The maximum Gasteiger partial charge on any atom is 0.427 e. The smallest absolute Gasteiger partial charge is 0.427 e. The summed E-state index contributed by atoms with van der Waals surface area (Å²) in [5.74, 6) is -0.531. The number of esters is 1. The molecule has 0 radical (unpaired) electrons. The molecule has 0 bridgehead atoms. The number of hydrogen-bond donors (Lipinski definition) is 0. The summed E-state index contributed by atoms with van der Waals surface area (Å²) in [6, 6.07) is 0. The number of halogens is 3. The van der Waals surface area contributed by atoms with Gasteiger partial charge in [0.05, 0.1) is 12.4 Å². The first kappa shape index (κ1) is 17.2. The first-order valence-corrected chi connectivity index (χ1v) is 7.86. The SMILES string of the molecule is COC(=O)C(=C1OC2=CCC(C(C)(C)C)CC2S1)C(F)(F)F. The van der Waals surface area contributed by atoms with Gasteiger partial charge in [-0.05, 0) is 30.3 Å². The molecule has 0 saturated carbocycles. The highest BCUT2D eigenvalue weighted by Crippen LogP contribution is 2.51. The molecule has 0 aromatic carbocycles. The largest absolute Gasteiger partial charge is 0.465 e. The average Bonchev–Trinajstić information content (AvgIpc) is 2.77. The van der Waals surface area contributed by atoms with Gasteiger partial charge in [-0.1, -0.05) is 32.5 Å². The summed E-state index contributed by atoms with van der Waals surface area (Å²) in [4.78, 5) is 11.5. The van der Waals surface area contributed by atoms with Crippen LogP contribution in [0.15, 0.2) is 22.5 Å². The van der Waals surface area contributed by atoms with Gasteiger partial charge in [-0.3, -0.25) is 0 Å². The van der Waals surface area contributed by atoms with Crippen molar-refractivity contribution in [3.8, 4) is 0 Å². The highest BCUT2D eigenvalue weighted by molar-refractivity contribution is 8.04. The second-order valence-electron chi connectivity index (χ2n) is 6.50.